The van der Waals surface area contributed by atoms with Gasteiger partial charge in [0, 0.05) is 6.08 Å². The quantitative estimate of drug-likeness (QED) is 0.610. The third kappa shape index (κ3) is 2.89. The molecular weight excluding hydrogens is 144 g/mol. The molecule has 1 N–H and O–H groups in total. The summed E-state index contributed by atoms with van der Waals surface area (Å²) in [4.78, 5) is 10.1. The lowest BCUT2D eigenvalue weighted by Crippen LogP contribution is -1.97. The molecule has 60 valence electrons. The van der Waals surface area contributed by atoms with E-state index in [0.29, 0.717) is 0 Å². The van der Waals surface area contributed by atoms with Crippen molar-refractivity contribution in [1.29, 1.82) is 0 Å². The van der Waals surface area contributed by atoms with Crippen LogP contribution in [0.2, 0.25) is 0 Å². The number of ether oxygens (including phenoxy) is 1. The third-order valence-electron chi connectivity index (χ3n) is 1.40. The minimum atomic E-state index is -0.920. The molecule has 0 fully saturated rings. The molecule has 11 heavy (non-hydrogen) atoms. The molecule has 0 amide bonds. The highest BCUT2D eigenvalue weighted by Crippen LogP contribution is 2.12. The summed E-state index contributed by atoms with van der Waals surface area (Å²) < 4.78 is 5.01. The first kappa shape index (κ1) is 7.85. The molecule has 1 aliphatic heterocycles. The summed E-state index contributed by atoms with van der Waals surface area (Å²) in [5.41, 5.74) is 0.943. The summed E-state index contributed by atoms with van der Waals surface area (Å²) in [5, 5.41) is 8.29. The van der Waals surface area contributed by atoms with Crippen LogP contribution >= 0.6 is 0 Å². The van der Waals surface area contributed by atoms with Crippen molar-refractivity contribution in [3.05, 3.63) is 24.0 Å². The Morgan fingerprint density at radius 3 is 3.09 bits per heavy atom. The van der Waals surface area contributed by atoms with Crippen LogP contribution in [0.15, 0.2) is 24.0 Å². The minimum Gasteiger partial charge on any atom is -0.501 e. The van der Waals surface area contributed by atoms with Crippen LogP contribution in [0.25, 0.3) is 0 Å². The number of carboxylic acid groups (broad SMARTS) is 1. The normalized spacial score (nSPS) is 17.6. The fourth-order valence-electron chi connectivity index (χ4n) is 0.885. The van der Waals surface area contributed by atoms with Crippen molar-refractivity contribution < 1.29 is 14.6 Å². The summed E-state index contributed by atoms with van der Waals surface area (Å²) in [6.45, 7) is 0.740. The third-order valence-corrected chi connectivity index (χ3v) is 1.40. The van der Waals surface area contributed by atoms with Crippen molar-refractivity contribution in [2.75, 3.05) is 6.61 Å². The Bertz CT molecular complexity index is 203. The zero-order valence-corrected chi connectivity index (χ0v) is 6.12. The first-order valence-electron chi connectivity index (χ1n) is 3.51. The van der Waals surface area contributed by atoms with Gasteiger partial charge >= 0.3 is 5.97 Å². The Kier molecular flexibility index (Phi) is 2.72. The maximum atomic E-state index is 10.1. The van der Waals surface area contributed by atoms with Crippen molar-refractivity contribution >= 4 is 5.97 Å². The predicted octanol–water partition coefficient (Wildman–Crippen LogP) is 1.32. The molecule has 1 heterocycles. The Hall–Kier alpha value is -1.25. The summed E-state index contributed by atoms with van der Waals surface area (Å²) in [6.07, 6.45) is 6.19. The Morgan fingerprint density at radius 1 is 1.73 bits per heavy atom. The highest BCUT2D eigenvalue weighted by molar-refractivity contribution is 5.80. The molecule has 1 aliphatic rings. The number of hydrogen-bond donors (Lipinski definition) is 1. The first-order chi connectivity index (χ1) is 5.29. The molecule has 0 unspecified atom stereocenters. The molecule has 0 saturated heterocycles. The Labute approximate surface area is 65.0 Å². The minimum absolute atomic E-state index is 0.740. The molecule has 0 bridgehead atoms. The van der Waals surface area contributed by atoms with Crippen molar-refractivity contribution in [2.45, 2.75) is 12.8 Å². The largest absolute Gasteiger partial charge is 0.501 e. The van der Waals surface area contributed by atoms with E-state index in [1.807, 2.05) is 0 Å². The van der Waals surface area contributed by atoms with Crippen LogP contribution < -0.4 is 0 Å². The zero-order valence-electron chi connectivity index (χ0n) is 6.12. The highest BCUT2D eigenvalue weighted by Gasteiger charge is 2.00. The highest BCUT2D eigenvalue weighted by atomic mass is 16.5. The molecule has 0 saturated carbocycles. The van der Waals surface area contributed by atoms with Gasteiger partial charge in [0.15, 0.2) is 0 Å². The van der Waals surface area contributed by atoms with Crippen LogP contribution in [0.1, 0.15) is 12.8 Å². The monoisotopic (exact) mass is 154 g/mol. The molecule has 0 aliphatic carbocycles. The second-order valence-electron chi connectivity index (χ2n) is 2.34. The number of allylic oxidation sites excluding steroid dienone is 2. The van der Waals surface area contributed by atoms with E-state index in [4.69, 9.17) is 9.84 Å². The fourth-order valence-corrected chi connectivity index (χ4v) is 0.885. The van der Waals surface area contributed by atoms with Crippen molar-refractivity contribution in [1.82, 2.24) is 0 Å². The van der Waals surface area contributed by atoms with E-state index in [-0.39, 0.29) is 0 Å². The number of hydrogen-bond acceptors (Lipinski definition) is 2. The first-order valence-corrected chi connectivity index (χ1v) is 3.51. The molecule has 1 rings (SSSR count). The van der Waals surface area contributed by atoms with Gasteiger partial charge in [-0.1, -0.05) is 0 Å². The molecule has 0 aromatic rings. The van der Waals surface area contributed by atoms with Gasteiger partial charge in [-0.3, -0.25) is 0 Å². The van der Waals surface area contributed by atoms with Gasteiger partial charge in [0.25, 0.3) is 0 Å². The molecule has 3 heteroatoms. The lowest BCUT2D eigenvalue weighted by molar-refractivity contribution is -0.131. The average molecular weight is 154 g/mol. The van der Waals surface area contributed by atoms with E-state index >= 15 is 0 Å². The molecule has 3 nitrogen and oxygen atoms in total. The van der Waals surface area contributed by atoms with Crippen LogP contribution in [0.4, 0.5) is 0 Å². The van der Waals surface area contributed by atoms with E-state index in [2.05, 4.69) is 0 Å². The van der Waals surface area contributed by atoms with Crippen LogP contribution in [0.5, 0.6) is 0 Å². The zero-order chi connectivity index (χ0) is 8.10. The van der Waals surface area contributed by atoms with Crippen LogP contribution in [0.3, 0.4) is 0 Å². The number of aliphatic carboxylic acids is 1. The molecule has 0 aromatic carbocycles. The molecule has 0 aromatic heterocycles. The van der Waals surface area contributed by atoms with Crippen LogP contribution in [-0.2, 0) is 9.53 Å². The smallest absolute Gasteiger partial charge is 0.328 e. The van der Waals surface area contributed by atoms with Gasteiger partial charge in [-0.15, -0.1) is 0 Å². The van der Waals surface area contributed by atoms with Crippen molar-refractivity contribution in [2.24, 2.45) is 0 Å². The summed E-state index contributed by atoms with van der Waals surface area (Å²) in [7, 11) is 0. The maximum Gasteiger partial charge on any atom is 0.328 e. The maximum absolute atomic E-state index is 10.1. The average Bonchev–Trinajstić information content (AvgIpc) is 2.03. The van der Waals surface area contributed by atoms with E-state index in [1.165, 1.54) is 0 Å². The second kappa shape index (κ2) is 3.81. The van der Waals surface area contributed by atoms with Gasteiger partial charge in [-0.2, -0.15) is 0 Å². The van der Waals surface area contributed by atoms with Crippen molar-refractivity contribution in [3.8, 4) is 0 Å². The fraction of sp³-hybridized carbons (Fsp3) is 0.375. The molecule has 0 spiro atoms. The van der Waals surface area contributed by atoms with E-state index in [0.717, 1.165) is 31.1 Å². The van der Waals surface area contributed by atoms with Crippen molar-refractivity contribution in [3.63, 3.8) is 0 Å². The lowest BCUT2D eigenvalue weighted by atomic mass is 10.1. The molecule has 0 radical (unpaired) electrons. The van der Waals surface area contributed by atoms with E-state index in [1.54, 1.807) is 12.3 Å². The summed E-state index contributed by atoms with van der Waals surface area (Å²) in [5.74, 6) is -0.920. The van der Waals surface area contributed by atoms with Gasteiger partial charge in [0.05, 0.1) is 12.9 Å². The number of carboxylic acids is 1. The van der Waals surface area contributed by atoms with Crippen LogP contribution in [-0.4, -0.2) is 17.7 Å². The van der Waals surface area contributed by atoms with Gasteiger partial charge in [0.1, 0.15) is 0 Å². The topological polar surface area (TPSA) is 46.5 Å². The van der Waals surface area contributed by atoms with Gasteiger partial charge < -0.3 is 9.84 Å². The van der Waals surface area contributed by atoms with Gasteiger partial charge in [0.2, 0.25) is 0 Å². The summed E-state index contributed by atoms with van der Waals surface area (Å²) >= 11 is 0. The molecular formula is C8H10O3. The summed E-state index contributed by atoms with van der Waals surface area (Å²) in [6, 6.07) is 0. The SMILES string of the molecule is O=C(O)/C=C/C1=COCCC1. The Morgan fingerprint density at radius 2 is 2.55 bits per heavy atom. The second-order valence-corrected chi connectivity index (χ2v) is 2.34. The Balaban J connectivity index is 2.47. The predicted molar refractivity (Wildman–Crippen MR) is 40.0 cm³/mol. The standard InChI is InChI=1S/C8H10O3/c9-8(10)4-3-7-2-1-5-11-6-7/h3-4,6H,1-2,5H2,(H,9,10)/b4-3+. The van der Waals surface area contributed by atoms with Gasteiger partial charge in [-0.05, 0) is 24.5 Å². The lowest BCUT2D eigenvalue weighted by Gasteiger charge is -2.09. The van der Waals surface area contributed by atoms with E-state index < -0.39 is 5.97 Å². The number of carbonyl (C=O) groups is 1. The van der Waals surface area contributed by atoms with Crippen LogP contribution in [0, 0.1) is 0 Å². The van der Waals surface area contributed by atoms with E-state index in [9.17, 15) is 4.79 Å². The molecule has 0 atom stereocenters. The van der Waals surface area contributed by atoms with Gasteiger partial charge in [-0.25, -0.2) is 4.79 Å². The number of rotatable bonds is 2.